The number of aldehydes is 1. The van der Waals surface area contributed by atoms with Gasteiger partial charge in [0.25, 0.3) is 0 Å². The van der Waals surface area contributed by atoms with Crippen molar-refractivity contribution >= 4 is 17.2 Å². The van der Waals surface area contributed by atoms with Crippen molar-refractivity contribution in [2.45, 2.75) is 26.0 Å². The quantitative estimate of drug-likeness (QED) is 0.798. The Labute approximate surface area is 94.3 Å². The molecule has 1 aromatic heterocycles. The van der Waals surface area contributed by atoms with E-state index in [1.54, 1.807) is 0 Å². The van der Waals surface area contributed by atoms with Crippen molar-refractivity contribution in [3.05, 3.63) is 36.0 Å². The molecule has 0 amide bonds. The lowest BCUT2D eigenvalue weighted by Crippen LogP contribution is -2.31. The summed E-state index contributed by atoms with van der Waals surface area (Å²) in [5.41, 5.74) is 0.928. The lowest BCUT2D eigenvalue weighted by atomic mass is 10.1. The number of aromatic nitrogens is 1. The molecule has 0 fully saturated rings. The van der Waals surface area contributed by atoms with Gasteiger partial charge >= 0.3 is 0 Å². The van der Waals surface area contributed by atoms with Crippen molar-refractivity contribution in [1.29, 1.82) is 0 Å². The summed E-state index contributed by atoms with van der Waals surface area (Å²) in [4.78, 5) is 10.7. The van der Waals surface area contributed by atoms with Crippen LogP contribution < -0.4 is 0 Å². The van der Waals surface area contributed by atoms with Gasteiger partial charge in [-0.3, -0.25) is 0 Å². The van der Waals surface area contributed by atoms with Gasteiger partial charge in [-0.15, -0.1) is 0 Å². The Kier molecular flexibility index (Phi) is 2.56. The van der Waals surface area contributed by atoms with Crippen LogP contribution in [0.1, 0.15) is 12.5 Å². The summed E-state index contributed by atoms with van der Waals surface area (Å²) in [5, 5.41) is 10.8. The maximum atomic E-state index is 10.7. The first kappa shape index (κ1) is 10.9. The van der Waals surface area contributed by atoms with Crippen molar-refractivity contribution in [3.8, 4) is 0 Å². The van der Waals surface area contributed by atoms with E-state index in [0.29, 0.717) is 6.29 Å². The molecule has 0 radical (unpaired) electrons. The van der Waals surface area contributed by atoms with E-state index in [0.717, 1.165) is 10.9 Å². The van der Waals surface area contributed by atoms with E-state index in [2.05, 4.69) is 6.07 Å². The largest absolute Gasteiger partial charge is 0.381 e. The number of aryl methyl sites for hydroxylation is 1. The minimum absolute atomic E-state index is 0.281. The molecule has 1 heterocycles. The normalized spacial score (nSPS) is 14.9. The zero-order valence-corrected chi connectivity index (χ0v) is 9.47. The highest BCUT2D eigenvalue weighted by Gasteiger charge is 2.20. The fourth-order valence-electron chi connectivity index (χ4n) is 1.84. The number of carbonyl (C=O) groups excluding carboxylic acids is 1. The number of hydrogen-bond donors (Lipinski definition) is 1. The first-order valence-electron chi connectivity index (χ1n) is 5.26. The van der Waals surface area contributed by atoms with Gasteiger partial charge in [-0.05, 0) is 37.4 Å². The zero-order valence-electron chi connectivity index (χ0n) is 9.47. The molecule has 3 nitrogen and oxygen atoms in total. The predicted octanol–water partition coefficient (Wildman–Crippen LogP) is 1.90. The lowest BCUT2D eigenvalue weighted by Gasteiger charge is -2.17. The van der Waals surface area contributed by atoms with Crippen LogP contribution >= 0.6 is 0 Å². The van der Waals surface area contributed by atoms with Crippen LogP contribution in [0.2, 0.25) is 0 Å². The number of carbonyl (C=O) groups is 1. The summed E-state index contributed by atoms with van der Waals surface area (Å²) in [6.45, 7) is 3.83. The zero-order chi connectivity index (χ0) is 11.8. The van der Waals surface area contributed by atoms with Crippen LogP contribution in [0.25, 0.3) is 10.9 Å². The molecule has 2 rings (SSSR count). The number of nitrogens with zero attached hydrogens (tertiary/aromatic N) is 1. The van der Waals surface area contributed by atoms with E-state index >= 15 is 0 Å². The number of hydrogen-bond acceptors (Lipinski definition) is 2. The molecule has 0 aliphatic carbocycles. The van der Waals surface area contributed by atoms with Crippen molar-refractivity contribution < 1.29 is 9.90 Å². The molecule has 0 unspecified atom stereocenters. The Morgan fingerprint density at radius 3 is 2.88 bits per heavy atom. The third-order valence-electron chi connectivity index (χ3n) is 2.67. The average Bonchev–Trinajstić information content (AvgIpc) is 2.60. The van der Waals surface area contributed by atoms with E-state index in [1.807, 2.05) is 35.9 Å². The summed E-state index contributed by atoms with van der Waals surface area (Å²) < 4.78 is 1.89. The monoisotopic (exact) mass is 217 g/mol. The maximum absolute atomic E-state index is 10.7. The molecule has 1 N–H and O–H groups in total. The molecule has 0 bridgehead atoms. The van der Waals surface area contributed by atoms with E-state index in [4.69, 9.17) is 0 Å². The standard InChI is InChI=1S/C13H15NO2/c1-10-3-4-12-11(7-10)5-6-14(12)8-13(2,16)9-15/h3-7,9,16H,8H2,1-2H3/t13-/m0/s1. The molecular formula is C13H15NO2. The Morgan fingerprint density at radius 1 is 1.44 bits per heavy atom. The molecule has 0 saturated heterocycles. The smallest absolute Gasteiger partial charge is 0.153 e. The summed E-state index contributed by atoms with van der Waals surface area (Å²) in [6.07, 6.45) is 2.47. The molecule has 84 valence electrons. The van der Waals surface area contributed by atoms with Crippen LogP contribution in [0.3, 0.4) is 0 Å². The highest BCUT2D eigenvalue weighted by atomic mass is 16.3. The van der Waals surface area contributed by atoms with E-state index in [-0.39, 0.29) is 6.54 Å². The summed E-state index contributed by atoms with van der Waals surface area (Å²) in [7, 11) is 0. The Hall–Kier alpha value is -1.61. The third-order valence-corrected chi connectivity index (χ3v) is 2.67. The van der Waals surface area contributed by atoms with Crippen molar-refractivity contribution in [2.75, 3.05) is 0 Å². The van der Waals surface area contributed by atoms with Gasteiger partial charge in [-0.1, -0.05) is 11.6 Å². The van der Waals surface area contributed by atoms with Crippen molar-refractivity contribution in [2.24, 2.45) is 0 Å². The number of rotatable bonds is 3. The highest BCUT2D eigenvalue weighted by molar-refractivity contribution is 5.81. The summed E-state index contributed by atoms with van der Waals surface area (Å²) in [6, 6.07) is 8.10. The molecule has 0 saturated carbocycles. The Bertz CT molecular complexity index is 526. The van der Waals surface area contributed by atoms with Gasteiger partial charge in [-0.25, -0.2) is 0 Å². The minimum Gasteiger partial charge on any atom is -0.381 e. The Morgan fingerprint density at radius 2 is 2.19 bits per heavy atom. The van der Waals surface area contributed by atoms with Crippen LogP contribution in [0.5, 0.6) is 0 Å². The predicted molar refractivity (Wildman–Crippen MR) is 63.4 cm³/mol. The maximum Gasteiger partial charge on any atom is 0.153 e. The highest BCUT2D eigenvalue weighted by Crippen LogP contribution is 2.19. The molecule has 0 aliphatic rings. The number of aliphatic hydroxyl groups is 1. The molecule has 0 spiro atoms. The SMILES string of the molecule is Cc1ccc2c(ccn2C[C@](C)(O)C=O)c1. The van der Waals surface area contributed by atoms with Crippen LogP contribution in [0, 0.1) is 6.92 Å². The van der Waals surface area contributed by atoms with Gasteiger partial charge in [0, 0.05) is 11.7 Å². The van der Waals surface area contributed by atoms with Crippen molar-refractivity contribution in [1.82, 2.24) is 4.57 Å². The van der Waals surface area contributed by atoms with Gasteiger partial charge in [0.2, 0.25) is 0 Å². The Balaban J connectivity index is 2.43. The lowest BCUT2D eigenvalue weighted by molar-refractivity contribution is -0.123. The average molecular weight is 217 g/mol. The third kappa shape index (κ3) is 1.99. The van der Waals surface area contributed by atoms with Gasteiger partial charge in [0.15, 0.2) is 6.29 Å². The molecule has 0 aliphatic heterocycles. The van der Waals surface area contributed by atoms with Gasteiger partial charge in [0.1, 0.15) is 5.60 Å². The second kappa shape index (κ2) is 3.76. The minimum atomic E-state index is -1.31. The fourth-order valence-corrected chi connectivity index (χ4v) is 1.84. The van der Waals surface area contributed by atoms with Crippen molar-refractivity contribution in [3.63, 3.8) is 0 Å². The topological polar surface area (TPSA) is 42.2 Å². The first-order valence-corrected chi connectivity index (χ1v) is 5.26. The van der Waals surface area contributed by atoms with Crippen LogP contribution in [0.15, 0.2) is 30.5 Å². The molecular weight excluding hydrogens is 202 g/mol. The van der Waals surface area contributed by atoms with E-state index in [9.17, 15) is 9.90 Å². The molecule has 1 aromatic carbocycles. The van der Waals surface area contributed by atoms with Crippen LogP contribution in [-0.2, 0) is 11.3 Å². The number of fused-ring (bicyclic) bond motifs is 1. The molecule has 1 atom stereocenters. The molecule has 2 aromatic rings. The van der Waals surface area contributed by atoms with Gasteiger partial charge in [0.05, 0.1) is 6.54 Å². The summed E-state index contributed by atoms with van der Waals surface area (Å²) in [5.74, 6) is 0. The van der Waals surface area contributed by atoms with Crippen LogP contribution in [-0.4, -0.2) is 21.6 Å². The fraction of sp³-hybridized carbons (Fsp3) is 0.308. The number of benzene rings is 1. The van der Waals surface area contributed by atoms with Gasteiger partial charge < -0.3 is 14.5 Å². The first-order chi connectivity index (χ1) is 7.52. The van der Waals surface area contributed by atoms with E-state index in [1.165, 1.54) is 12.5 Å². The molecule has 3 heteroatoms. The second-order valence-electron chi connectivity index (χ2n) is 4.48. The second-order valence-corrected chi connectivity index (χ2v) is 4.48. The summed E-state index contributed by atoms with van der Waals surface area (Å²) >= 11 is 0. The van der Waals surface area contributed by atoms with Crippen LogP contribution in [0.4, 0.5) is 0 Å². The van der Waals surface area contributed by atoms with E-state index < -0.39 is 5.60 Å². The molecule has 16 heavy (non-hydrogen) atoms. The van der Waals surface area contributed by atoms with Gasteiger partial charge in [-0.2, -0.15) is 0 Å².